The van der Waals surface area contributed by atoms with Crippen LogP contribution in [0, 0.1) is 18.8 Å². The molecule has 24 heavy (non-hydrogen) atoms. The van der Waals surface area contributed by atoms with Gasteiger partial charge >= 0.3 is 0 Å². The molecule has 132 valence electrons. The van der Waals surface area contributed by atoms with E-state index in [9.17, 15) is 13.2 Å². The number of halogens is 1. The maximum absolute atomic E-state index is 12.5. The first-order valence-electron chi connectivity index (χ1n) is 8.27. The summed E-state index contributed by atoms with van der Waals surface area (Å²) >= 11 is 6.01. The van der Waals surface area contributed by atoms with Gasteiger partial charge in [-0.1, -0.05) is 24.1 Å². The van der Waals surface area contributed by atoms with Crippen molar-refractivity contribution in [3.8, 4) is 0 Å². The van der Waals surface area contributed by atoms with Crippen LogP contribution >= 0.6 is 11.6 Å². The fraction of sp³-hybridized carbons (Fsp3) is 0.588. The predicted octanol–water partition coefficient (Wildman–Crippen LogP) is 2.72. The first-order valence-corrected chi connectivity index (χ1v) is 10.5. The van der Waals surface area contributed by atoms with Crippen molar-refractivity contribution >= 4 is 33.2 Å². The number of nitrogens with zero attached hydrogens (tertiary/aromatic N) is 1. The van der Waals surface area contributed by atoms with Gasteiger partial charge in [0.1, 0.15) is 6.54 Å². The van der Waals surface area contributed by atoms with Crippen molar-refractivity contribution in [1.29, 1.82) is 0 Å². The average Bonchev–Trinajstić information content (AvgIpc) is 3.09. The van der Waals surface area contributed by atoms with E-state index in [1.807, 2.05) is 0 Å². The number of sulfonamides is 1. The van der Waals surface area contributed by atoms with E-state index in [0.29, 0.717) is 16.6 Å². The topological polar surface area (TPSA) is 66.5 Å². The molecule has 0 radical (unpaired) electrons. The van der Waals surface area contributed by atoms with E-state index in [-0.39, 0.29) is 18.5 Å². The van der Waals surface area contributed by atoms with Gasteiger partial charge in [0.25, 0.3) is 0 Å². The van der Waals surface area contributed by atoms with Crippen molar-refractivity contribution in [2.24, 2.45) is 11.8 Å². The highest BCUT2D eigenvalue weighted by atomic mass is 35.5. The van der Waals surface area contributed by atoms with Gasteiger partial charge in [0.2, 0.25) is 15.9 Å². The van der Waals surface area contributed by atoms with Gasteiger partial charge in [-0.25, -0.2) is 8.42 Å². The van der Waals surface area contributed by atoms with Crippen molar-refractivity contribution in [2.45, 2.75) is 38.6 Å². The number of carbonyl (C=O) groups excluding carboxylic acids is 1. The first-order chi connectivity index (χ1) is 11.2. The lowest BCUT2D eigenvalue weighted by atomic mass is 9.95. The molecule has 2 aliphatic rings. The highest BCUT2D eigenvalue weighted by molar-refractivity contribution is 7.92. The van der Waals surface area contributed by atoms with Gasteiger partial charge in [-0.2, -0.15) is 0 Å². The van der Waals surface area contributed by atoms with Crippen molar-refractivity contribution in [1.82, 2.24) is 5.32 Å². The molecule has 1 amide bonds. The summed E-state index contributed by atoms with van der Waals surface area (Å²) in [4.78, 5) is 12.5. The van der Waals surface area contributed by atoms with Crippen LogP contribution in [-0.4, -0.2) is 33.2 Å². The Hall–Kier alpha value is -1.27. The number of hydrogen-bond acceptors (Lipinski definition) is 3. The molecule has 0 aliphatic heterocycles. The van der Waals surface area contributed by atoms with Crippen LogP contribution in [-0.2, 0) is 14.8 Å². The zero-order valence-electron chi connectivity index (χ0n) is 14.0. The Bertz CT molecular complexity index is 750. The smallest absolute Gasteiger partial charge is 0.241 e. The first kappa shape index (κ1) is 17.5. The number of nitrogens with one attached hydrogen (secondary N) is 1. The fourth-order valence-corrected chi connectivity index (χ4v) is 5.11. The highest BCUT2D eigenvalue weighted by Crippen LogP contribution is 2.44. The van der Waals surface area contributed by atoms with Gasteiger partial charge in [0.05, 0.1) is 11.9 Å². The minimum absolute atomic E-state index is 0.193. The van der Waals surface area contributed by atoms with E-state index in [2.05, 4.69) is 5.32 Å². The van der Waals surface area contributed by atoms with Gasteiger partial charge in [-0.3, -0.25) is 9.10 Å². The zero-order valence-corrected chi connectivity index (χ0v) is 15.5. The molecule has 2 saturated carbocycles. The number of rotatable bonds is 5. The van der Waals surface area contributed by atoms with Crippen LogP contribution < -0.4 is 9.62 Å². The predicted molar refractivity (Wildman–Crippen MR) is 95.8 cm³/mol. The number of hydrogen-bond donors (Lipinski definition) is 1. The summed E-state index contributed by atoms with van der Waals surface area (Å²) in [6.45, 7) is 1.59. The molecule has 1 aromatic carbocycles. The minimum Gasteiger partial charge on any atom is -0.352 e. The van der Waals surface area contributed by atoms with Crippen LogP contribution in [0.15, 0.2) is 18.2 Å². The molecular weight excluding hydrogens is 348 g/mol. The van der Waals surface area contributed by atoms with Gasteiger partial charge in [-0.15, -0.1) is 0 Å². The van der Waals surface area contributed by atoms with E-state index < -0.39 is 10.0 Å². The Labute approximate surface area is 148 Å². The number of fused-ring (bicyclic) bond motifs is 2. The standard InChI is InChI=1S/C17H23ClN2O3S/c1-11-3-6-14(18)9-16(11)20(24(2,22)23)10-17(21)19-15-8-12-4-5-13(15)7-12/h3,6,9,12-13,15H,4-5,7-8,10H2,1-2H3,(H,19,21)/t12-,13-,15-/m1/s1. The minimum atomic E-state index is -3.58. The SMILES string of the molecule is Cc1ccc(Cl)cc1N(CC(=O)N[C@@H]1C[C@@H]2CC[C@@H]1C2)S(C)(=O)=O. The fourth-order valence-electron chi connectivity index (χ4n) is 4.04. The van der Waals surface area contributed by atoms with E-state index in [4.69, 9.17) is 11.6 Å². The van der Waals surface area contributed by atoms with Crippen LogP contribution in [0.4, 0.5) is 5.69 Å². The summed E-state index contributed by atoms with van der Waals surface area (Å²) in [5.74, 6) is 1.03. The summed E-state index contributed by atoms with van der Waals surface area (Å²) in [6, 6.07) is 5.24. The summed E-state index contributed by atoms with van der Waals surface area (Å²) in [5, 5.41) is 3.48. The third-order valence-corrected chi connectivity index (χ3v) is 6.57. The maximum atomic E-state index is 12.5. The largest absolute Gasteiger partial charge is 0.352 e. The summed E-state index contributed by atoms with van der Waals surface area (Å²) in [5.41, 5.74) is 1.21. The van der Waals surface area contributed by atoms with Crippen molar-refractivity contribution in [3.05, 3.63) is 28.8 Å². The van der Waals surface area contributed by atoms with E-state index in [1.165, 1.54) is 19.3 Å². The lowest BCUT2D eigenvalue weighted by Gasteiger charge is -2.27. The molecule has 2 fully saturated rings. The molecule has 3 rings (SSSR count). The molecule has 0 saturated heterocycles. The molecule has 0 aromatic heterocycles. The quantitative estimate of drug-likeness (QED) is 0.866. The zero-order chi connectivity index (χ0) is 17.5. The monoisotopic (exact) mass is 370 g/mol. The highest BCUT2D eigenvalue weighted by Gasteiger charge is 2.40. The molecular formula is C17H23ClN2O3S. The lowest BCUT2D eigenvalue weighted by molar-refractivity contribution is -0.120. The third kappa shape index (κ3) is 3.70. The average molecular weight is 371 g/mol. The normalized spacial score (nSPS) is 25.7. The van der Waals surface area contributed by atoms with Crippen molar-refractivity contribution in [3.63, 3.8) is 0 Å². The van der Waals surface area contributed by atoms with Crippen molar-refractivity contribution < 1.29 is 13.2 Å². The molecule has 0 spiro atoms. The summed E-state index contributed by atoms with van der Waals surface area (Å²) in [6.07, 6.45) is 5.74. The number of aryl methyl sites for hydroxylation is 1. The van der Waals surface area contributed by atoms with Crippen LogP contribution in [0.5, 0.6) is 0 Å². The molecule has 2 bridgehead atoms. The van der Waals surface area contributed by atoms with Gasteiger partial charge in [-0.05, 0) is 55.7 Å². The maximum Gasteiger partial charge on any atom is 0.241 e. The third-order valence-electron chi connectivity index (χ3n) is 5.21. The number of anilines is 1. The van der Waals surface area contributed by atoms with Crippen LogP contribution in [0.1, 0.15) is 31.2 Å². The van der Waals surface area contributed by atoms with E-state index in [1.54, 1.807) is 25.1 Å². The lowest BCUT2D eigenvalue weighted by Crippen LogP contribution is -2.45. The molecule has 2 aliphatic carbocycles. The van der Waals surface area contributed by atoms with Crippen LogP contribution in [0.2, 0.25) is 5.02 Å². The molecule has 1 aromatic rings. The van der Waals surface area contributed by atoms with Gasteiger partial charge in [0.15, 0.2) is 0 Å². The number of carbonyl (C=O) groups is 1. The summed E-state index contributed by atoms with van der Waals surface area (Å²) < 4.78 is 25.5. The van der Waals surface area contributed by atoms with Gasteiger partial charge < -0.3 is 5.32 Å². The van der Waals surface area contributed by atoms with Crippen LogP contribution in [0.25, 0.3) is 0 Å². The molecule has 5 nitrogen and oxygen atoms in total. The molecule has 1 N–H and O–H groups in total. The van der Waals surface area contributed by atoms with Gasteiger partial charge in [0, 0.05) is 11.1 Å². The molecule has 0 unspecified atom stereocenters. The second kappa shape index (κ2) is 6.56. The van der Waals surface area contributed by atoms with Crippen molar-refractivity contribution in [2.75, 3.05) is 17.1 Å². The molecule has 0 heterocycles. The Morgan fingerprint density at radius 2 is 2.08 bits per heavy atom. The molecule has 3 atom stereocenters. The number of amides is 1. The second-order valence-corrected chi connectivity index (χ2v) is 9.39. The Morgan fingerprint density at radius 3 is 2.67 bits per heavy atom. The summed E-state index contributed by atoms with van der Waals surface area (Å²) in [7, 11) is -3.58. The van der Waals surface area contributed by atoms with E-state index in [0.717, 1.165) is 28.5 Å². The Morgan fingerprint density at radius 1 is 1.33 bits per heavy atom. The second-order valence-electron chi connectivity index (χ2n) is 7.05. The number of benzene rings is 1. The van der Waals surface area contributed by atoms with Crippen LogP contribution in [0.3, 0.4) is 0 Å². The Balaban J connectivity index is 1.75. The van der Waals surface area contributed by atoms with E-state index >= 15 is 0 Å². The molecule has 7 heteroatoms. The Kier molecular flexibility index (Phi) is 4.80.